The second-order valence-corrected chi connectivity index (χ2v) is 8.25. The number of hydrazone groups is 1. The molecule has 30 heavy (non-hydrogen) atoms. The van der Waals surface area contributed by atoms with Gasteiger partial charge in [-0.05, 0) is 35.9 Å². The number of hydrogen-bond donors (Lipinski definition) is 0. The normalized spacial score (nSPS) is 21.0. The van der Waals surface area contributed by atoms with E-state index in [-0.39, 0.29) is 12.8 Å². The molecule has 0 fully saturated rings. The maximum absolute atomic E-state index is 6.53. The highest BCUT2D eigenvalue weighted by Gasteiger charge is 2.42. The van der Waals surface area contributed by atoms with Crippen molar-refractivity contribution in [3.8, 4) is 17.2 Å². The van der Waals surface area contributed by atoms with Gasteiger partial charge < -0.3 is 14.2 Å². The molecule has 0 spiro atoms. The van der Waals surface area contributed by atoms with Crippen molar-refractivity contribution in [2.45, 2.75) is 18.7 Å². The minimum Gasteiger partial charge on any atom is -0.463 e. The molecule has 0 aliphatic carbocycles. The van der Waals surface area contributed by atoms with Gasteiger partial charge in [0.15, 0.2) is 11.5 Å². The first kappa shape index (κ1) is 17.9. The van der Waals surface area contributed by atoms with Gasteiger partial charge >= 0.3 is 0 Å². The van der Waals surface area contributed by atoms with E-state index in [1.54, 1.807) is 6.07 Å². The van der Waals surface area contributed by atoms with Gasteiger partial charge in [-0.1, -0.05) is 53.5 Å². The first-order valence-electron chi connectivity index (χ1n) is 9.64. The van der Waals surface area contributed by atoms with Crippen molar-refractivity contribution in [1.29, 1.82) is 0 Å². The Morgan fingerprint density at radius 2 is 1.77 bits per heavy atom. The van der Waals surface area contributed by atoms with Crippen molar-refractivity contribution >= 4 is 28.9 Å². The summed E-state index contributed by atoms with van der Waals surface area (Å²) in [6.07, 6.45) is 0.287. The third-order valence-corrected chi connectivity index (χ3v) is 6.10. The molecule has 0 radical (unpaired) electrons. The molecule has 3 heterocycles. The van der Waals surface area contributed by atoms with Crippen LogP contribution in [-0.2, 0) is 0 Å². The van der Waals surface area contributed by atoms with Crippen LogP contribution in [0.1, 0.15) is 35.4 Å². The van der Waals surface area contributed by atoms with Crippen LogP contribution in [-0.4, -0.2) is 17.5 Å². The van der Waals surface area contributed by atoms with E-state index in [4.69, 9.17) is 42.5 Å². The van der Waals surface area contributed by atoms with E-state index < -0.39 is 6.23 Å². The third kappa shape index (κ3) is 2.81. The summed E-state index contributed by atoms with van der Waals surface area (Å²) in [5.41, 5.74) is 3.95. The van der Waals surface area contributed by atoms with Gasteiger partial charge in [0.25, 0.3) is 0 Å². The van der Waals surface area contributed by atoms with Crippen LogP contribution in [0.25, 0.3) is 0 Å². The fourth-order valence-corrected chi connectivity index (χ4v) is 4.76. The van der Waals surface area contributed by atoms with E-state index in [9.17, 15) is 0 Å². The van der Waals surface area contributed by atoms with Crippen LogP contribution in [0.15, 0.2) is 65.8 Å². The second-order valence-electron chi connectivity index (χ2n) is 7.40. The van der Waals surface area contributed by atoms with Crippen LogP contribution in [0.4, 0.5) is 0 Å². The van der Waals surface area contributed by atoms with Crippen LogP contribution >= 0.6 is 23.2 Å². The lowest BCUT2D eigenvalue weighted by Crippen LogP contribution is -2.33. The molecule has 150 valence electrons. The lowest BCUT2D eigenvalue weighted by atomic mass is 9.96. The molecule has 3 aromatic carbocycles. The molecule has 0 unspecified atom stereocenters. The molecule has 6 rings (SSSR count). The second kappa shape index (κ2) is 6.83. The Bertz CT molecular complexity index is 1180. The van der Waals surface area contributed by atoms with E-state index in [1.807, 2.05) is 47.5 Å². The smallest absolute Gasteiger partial charge is 0.231 e. The molecule has 5 nitrogen and oxygen atoms in total. The number of nitrogens with zero attached hydrogens (tertiary/aromatic N) is 2. The predicted octanol–water partition coefficient (Wildman–Crippen LogP) is 5.96. The average Bonchev–Trinajstić information content (AvgIpc) is 3.41. The topological polar surface area (TPSA) is 43.3 Å². The van der Waals surface area contributed by atoms with Gasteiger partial charge in [0.1, 0.15) is 5.75 Å². The van der Waals surface area contributed by atoms with Gasteiger partial charge in [-0.2, -0.15) is 5.10 Å². The standard InChI is InChI=1S/C23H16Cl2N2O3/c24-15-9-16-19-11-18(13-4-2-1-3-5-13)26-27(19)23(30-22(16)17(25)10-15)14-6-7-20-21(8-14)29-12-28-20/h1-10,19,23H,11-12H2/t19-,23+/m0/s1. The van der Waals surface area contributed by atoms with Gasteiger partial charge in [0, 0.05) is 22.6 Å². The fourth-order valence-electron chi connectivity index (χ4n) is 4.21. The van der Waals surface area contributed by atoms with E-state index in [0.717, 1.165) is 34.6 Å². The van der Waals surface area contributed by atoms with Crippen molar-refractivity contribution in [1.82, 2.24) is 5.01 Å². The largest absolute Gasteiger partial charge is 0.463 e. The van der Waals surface area contributed by atoms with Crippen LogP contribution in [0.3, 0.4) is 0 Å². The van der Waals surface area contributed by atoms with Crippen LogP contribution in [0.5, 0.6) is 17.2 Å². The van der Waals surface area contributed by atoms with Crippen molar-refractivity contribution in [2.24, 2.45) is 5.10 Å². The lowest BCUT2D eigenvalue weighted by Gasteiger charge is -2.38. The quantitative estimate of drug-likeness (QED) is 0.494. The molecule has 3 aliphatic rings. The maximum atomic E-state index is 6.53. The summed E-state index contributed by atoms with van der Waals surface area (Å²) in [6.45, 7) is 0.222. The average molecular weight is 439 g/mol. The predicted molar refractivity (Wildman–Crippen MR) is 115 cm³/mol. The van der Waals surface area contributed by atoms with E-state index in [0.29, 0.717) is 21.5 Å². The summed E-state index contributed by atoms with van der Waals surface area (Å²) in [5, 5.41) is 8.03. The van der Waals surface area contributed by atoms with Gasteiger partial charge in [0.05, 0.1) is 16.8 Å². The first-order chi connectivity index (χ1) is 14.7. The van der Waals surface area contributed by atoms with E-state index in [2.05, 4.69) is 12.1 Å². The highest BCUT2D eigenvalue weighted by molar-refractivity contribution is 6.35. The van der Waals surface area contributed by atoms with E-state index in [1.165, 1.54) is 0 Å². The Hall–Kier alpha value is -2.89. The van der Waals surface area contributed by atoms with Gasteiger partial charge in [0.2, 0.25) is 13.0 Å². The molecule has 0 bridgehead atoms. The minimum absolute atomic E-state index is 0.0319. The first-order valence-corrected chi connectivity index (χ1v) is 10.4. The molecule has 0 saturated carbocycles. The number of fused-ring (bicyclic) bond motifs is 4. The van der Waals surface area contributed by atoms with Gasteiger partial charge in [-0.25, -0.2) is 5.01 Å². The van der Waals surface area contributed by atoms with Crippen LogP contribution in [0, 0.1) is 0 Å². The zero-order valence-corrected chi connectivity index (χ0v) is 17.2. The summed E-state index contributed by atoms with van der Waals surface area (Å²) in [6, 6.07) is 19.6. The number of hydrogen-bond acceptors (Lipinski definition) is 5. The Kier molecular flexibility index (Phi) is 4.08. The zero-order chi connectivity index (χ0) is 20.2. The Labute approximate surface area is 183 Å². The Balaban J connectivity index is 1.48. The van der Waals surface area contributed by atoms with E-state index >= 15 is 0 Å². The molecule has 0 aromatic heterocycles. The number of benzene rings is 3. The molecule has 0 amide bonds. The van der Waals surface area contributed by atoms with Gasteiger partial charge in [-0.3, -0.25) is 0 Å². The van der Waals surface area contributed by atoms with Crippen LogP contribution < -0.4 is 14.2 Å². The lowest BCUT2D eigenvalue weighted by molar-refractivity contribution is -0.0190. The third-order valence-electron chi connectivity index (χ3n) is 5.60. The molecule has 3 aliphatic heterocycles. The van der Waals surface area contributed by atoms with Crippen LogP contribution in [0.2, 0.25) is 10.0 Å². The minimum atomic E-state index is -0.447. The number of rotatable bonds is 2. The summed E-state index contributed by atoms with van der Waals surface area (Å²) in [5.74, 6) is 2.08. The highest BCUT2D eigenvalue weighted by Crippen LogP contribution is 2.51. The van der Waals surface area contributed by atoms with Crippen molar-refractivity contribution in [3.63, 3.8) is 0 Å². The Morgan fingerprint density at radius 3 is 2.63 bits per heavy atom. The molecular weight excluding hydrogens is 423 g/mol. The summed E-state index contributed by atoms with van der Waals surface area (Å²) < 4.78 is 17.4. The van der Waals surface area contributed by atoms with Gasteiger partial charge in [-0.15, -0.1) is 0 Å². The number of halogens is 2. The molecule has 0 N–H and O–H groups in total. The molecule has 3 aromatic rings. The van der Waals surface area contributed by atoms with Crippen molar-refractivity contribution in [2.75, 3.05) is 6.79 Å². The Morgan fingerprint density at radius 1 is 0.933 bits per heavy atom. The molecular formula is C23H16Cl2N2O3. The molecule has 0 saturated heterocycles. The summed E-state index contributed by atoms with van der Waals surface area (Å²) >= 11 is 12.8. The molecule has 7 heteroatoms. The highest BCUT2D eigenvalue weighted by atomic mass is 35.5. The van der Waals surface area contributed by atoms with Crippen molar-refractivity contribution in [3.05, 3.63) is 87.4 Å². The maximum Gasteiger partial charge on any atom is 0.231 e. The monoisotopic (exact) mass is 438 g/mol. The summed E-state index contributed by atoms with van der Waals surface area (Å²) in [7, 11) is 0. The SMILES string of the molecule is Clc1cc(Cl)c2c(c1)[C@@H]1CC(c3ccccc3)=NN1[C@@H](c1ccc3c(c1)OCO3)O2. The van der Waals surface area contributed by atoms with Crippen molar-refractivity contribution < 1.29 is 14.2 Å². The molecule has 2 atom stereocenters. The fraction of sp³-hybridized carbons (Fsp3) is 0.174. The zero-order valence-electron chi connectivity index (χ0n) is 15.7. The number of ether oxygens (including phenoxy) is 3. The summed E-state index contributed by atoms with van der Waals surface area (Å²) in [4.78, 5) is 0.